The predicted octanol–water partition coefficient (Wildman–Crippen LogP) is 3.27. The number of carbonyl (C=O) groups is 1. The summed E-state index contributed by atoms with van der Waals surface area (Å²) in [5, 5.41) is 20.8. The third-order valence-electron chi connectivity index (χ3n) is 7.08. The summed E-state index contributed by atoms with van der Waals surface area (Å²) in [4.78, 5) is 66.1. The first kappa shape index (κ1) is 40.4. The highest BCUT2D eigenvalue weighted by Gasteiger charge is 2.44. The lowest BCUT2D eigenvalue weighted by Gasteiger charge is -2.24. The molecule has 1 aromatic heterocycles. The standard InChI is InChI=1S/C26H37N6O16P3/c27-22-12-13-32(25(34)29-22)24-14-20(21(46-24)16-43-50(39,40)48-51(41,42)47-49(36,37)38)45-23(31-30-18-10-6-7-11-19(18)33)15-28-26(35)44-17-8-4-2-1-3-5-9-17/h1-2,6-7,10-13,17,20-21,23-24,33H,3-5,8-9,14-16H2,(H,28,35)(H,39,40)(H,41,42)(H2,27,29,34)(H2,36,37,38)/b2-1+,31-30?/t17?,20?,21-,23?,24-/m1/s1. The molecule has 1 fully saturated rings. The molecule has 4 rings (SSSR count). The van der Waals surface area contributed by atoms with E-state index in [-0.39, 0.29) is 36.3 Å². The van der Waals surface area contributed by atoms with Crippen LogP contribution in [0.2, 0.25) is 0 Å². The zero-order chi connectivity index (χ0) is 37.2. The monoisotopic (exact) mass is 782 g/mol. The Balaban J connectivity index is 1.54. The summed E-state index contributed by atoms with van der Waals surface area (Å²) in [6.45, 7) is -1.30. The molecule has 2 aromatic rings. The Morgan fingerprint density at radius 3 is 2.55 bits per heavy atom. The number of carbonyl (C=O) groups excluding carboxylic acids is 1. The minimum Gasteiger partial charge on any atom is -0.506 e. The molecule has 22 nitrogen and oxygen atoms in total. The lowest BCUT2D eigenvalue weighted by molar-refractivity contribution is -0.0795. The van der Waals surface area contributed by atoms with Crippen molar-refractivity contribution in [1.29, 1.82) is 0 Å². The lowest BCUT2D eigenvalue weighted by Crippen LogP contribution is -2.39. The first-order valence-electron chi connectivity index (χ1n) is 15.2. The summed E-state index contributed by atoms with van der Waals surface area (Å²) in [6.07, 6.45) is 2.64. The van der Waals surface area contributed by atoms with Gasteiger partial charge in [-0.2, -0.15) is 18.7 Å². The highest BCUT2D eigenvalue weighted by molar-refractivity contribution is 7.66. The number of nitrogens with two attached hydrogens (primary N) is 1. The van der Waals surface area contributed by atoms with Crippen molar-refractivity contribution in [3.63, 3.8) is 0 Å². The Hall–Kier alpha value is -3.36. The van der Waals surface area contributed by atoms with Crippen molar-refractivity contribution < 1.29 is 70.5 Å². The van der Waals surface area contributed by atoms with E-state index in [4.69, 9.17) is 34.3 Å². The number of rotatable bonds is 15. The van der Waals surface area contributed by atoms with E-state index in [9.17, 15) is 38.2 Å². The maximum absolute atomic E-state index is 12.8. The SMILES string of the molecule is Nc1ccn([C@H]2CC(OC(CNC(=O)OC3CC/C=C/CCC3)N=Nc3ccccc3O)[C@@H](COP(=O)(O)OP(=O)(O)OP(=O)(O)O)O2)c(=O)n1. The van der Waals surface area contributed by atoms with Crippen LogP contribution in [0.15, 0.2) is 63.7 Å². The average molecular weight is 783 g/mol. The van der Waals surface area contributed by atoms with Gasteiger partial charge in [-0.15, -0.1) is 5.11 Å². The number of alkyl carbamates (subject to hydrolysis) is 1. The van der Waals surface area contributed by atoms with Gasteiger partial charge in [-0.05, 0) is 50.3 Å². The number of azo groups is 1. The van der Waals surface area contributed by atoms with Gasteiger partial charge in [0, 0.05) is 12.6 Å². The summed E-state index contributed by atoms with van der Waals surface area (Å²) in [7, 11) is -17.1. The second-order valence-electron chi connectivity index (χ2n) is 11.0. The number of amides is 1. The van der Waals surface area contributed by atoms with Crippen LogP contribution in [0.3, 0.4) is 0 Å². The maximum Gasteiger partial charge on any atom is 0.490 e. The molecule has 282 valence electrons. The summed E-state index contributed by atoms with van der Waals surface area (Å²) in [5.74, 6) is -0.316. The molecule has 1 amide bonds. The number of hydrogen-bond donors (Lipinski definition) is 7. The van der Waals surface area contributed by atoms with E-state index in [2.05, 4.69) is 35.2 Å². The minimum atomic E-state index is -5.83. The number of nitrogens with one attached hydrogen (secondary N) is 1. The highest BCUT2D eigenvalue weighted by Crippen LogP contribution is 2.66. The zero-order valence-corrected chi connectivity index (χ0v) is 29.3. The average Bonchev–Trinajstić information content (AvgIpc) is 3.39. The van der Waals surface area contributed by atoms with E-state index in [1.807, 2.05) is 6.08 Å². The number of nitrogens with zero attached hydrogens (tertiary/aromatic N) is 4. The third-order valence-corrected chi connectivity index (χ3v) is 10.9. The summed E-state index contributed by atoms with van der Waals surface area (Å²) >= 11 is 0. The van der Waals surface area contributed by atoms with Crippen LogP contribution < -0.4 is 16.7 Å². The fourth-order valence-corrected chi connectivity index (χ4v) is 7.91. The fourth-order valence-electron chi connectivity index (χ4n) is 4.88. The lowest BCUT2D eigenvalue weighted by atomic mass is 10.0. The van der Waals surface area contributed by atoms with Gasteiger partial charge in [0.05, 0.1) is 19.3 Å². The first-order chi connectivity index (χ1) is 24.0. The molecule has 25 heteroatoms. The smallest absolute Gasteiger partial charge is 0.490 e. The third kappa shape index (κ3) is 13.6. The molecule has 0 radical (unpaired) electrons. The molecule has 1 aromatic carbocycles. The second-order valence-corrected chi connectivity index (χ2v) is 15.4. The molecule has 1 saturated heterocycles. The van der Waals surface area contributed by atoms with Gasteiger partial charge in [-0.3, -0.25) is 9.09 Å². The molecule has 2 heterocycles. The predicted molar refractivity (Wildman–Crippen MR) is 173 cm³/mol. The number of anilines is 1. The normalized spacial score (nSPS) is 24.9. The quantitative estimate of drug-likeness (QED) is 0.0774. The van der Waals surface area contributed by atoms with Crippen molar-refractivity contribution in [3.05, 3.63) is 59.2 Å². The van der Waals surface area contributed by atoms with E-state index in [0.29, 0.717) is 12.8 Å². The van der Waals surface area contributed by atoms with E-state index >= 15 is 0 Å². The van der Waals surface area contributed by atoms with Gasteiger partial charge in [0.25, 0.3) is 0 Å². The molecular formula is C26H37N6O16P3. The van der Waals surface area contributed by atoms with E-state index < -0.39 is 66.5 Å². The molecule has 8 N–H and O–H groups in total. The largest absolute Gasteiger partial charge is 0.506 e. The Morgan fingerprint density at radius 1 is 1.08 bits per heavy atom. The van der Waals surface area contributed by atoms with Crippen molar-refractivity contribution >= 4 is 41.1 Å². The van der Waals surface area contributed by atoms with Crippen LogP contribution in [0, 0.1) is 0 Å². The Morgan fingerprint density at radius 2 is 1.82 bits per heavy atom. The minimum absolute atomic E-state index is 0.0421. The number of hydrogen-bond acceptors (Lipinski definition) is 16. The van der Waals surface area contributed by atoms with Crippen LogP contribution in [-0.4, -0.2) is 78.0 Å². The van der Waals surface area contributed by atoms with Crippen LogP contribution in [-0.2, 0) is 41.1 Å². The number of nitrogen functional groups attached to an aromatic ring is 1. The number of phosphoric ester groups is 1. The number of para-hydroxylation sites is 1. The molecule has 0 saturated carbocycles. The van der Waals surface area contributed by atoms with Gasteiger partial charge >= 0.3 is 35.3 Å². The topological polar surface area (TPSA) is 322 Å². The van der Waals surface area contributed by atoms with Crippen molar-refractivity contribution in [2.75, 3.05) is 18.9 Å². The van der Waals surface area contributed by atoms with Crippen molar-refractivity contribution in [2.24, 2.45) is 10.2 Å². The molecule has 1 aliphatic carbocycles. The van der Waals surface area contributed by atoms with E-state index in [0.717, 1.165) is 23.8 Å². The molecule has 2 aliphatic rings. The number of ether oxygens (including phenoxy) is 3. The number of aromatic hydroxyl groups is 1. The molecule has 5 unspecified atom stereocenters. The van der Waals surface area contributed by atoms with Crippen LogP contribution in [0.5, 0.6) is 5.75 Å². The van der Waals surface area contributed by atoms with Gasteiger partial charge in [0.1, 0.15) is 35.7 Å². The van der Waals surface area contributed by atoms with Gasteiger partial charge < -0.3 is 49.9 Å². The van der Waals surface area contributed by atoms with E-state index in [1.165, 1.54) is 24.4 Å². The number of aromatic nitrogens is 2. The molecule has 1 aliphatic heterocycles. The molecule has 0 bridgehead atoms. The Labute approximate surface area is 289 Å². The van der Waals surface area contributed by atoms with Crippen LogP contribution >= 0.6 is 23.5 Å². The number of allylic oxidation sites excluding steroid dienone is 2. The molecule has 51 heavy (non-hydrogen) atoms. The van der Waals surface area contributed by atoms with Crippen molar-refractivity contribution in [3.8, 4) is 5.75 Å². The zero-order valence-electron chi connectivity index (χ0n) is 26.6. The van der Waals surface area contributed by atoms with Gasteiger partial charge in [0.15, 0.2) is 6.23 Å². The molecule has 0 spiro atoms. The number of phenols is 1. The Kier molecular flexibility index (Phi) is 14.2. The number of phenolic OH excluding ortho intramolecular Hbond substituents is 1. The second kappa shape index (κ2) is 17.9. The van der Waals surface area contributed by atoms with Crippen LogP contribution in [0.1, 0.15) is 44.8 Å². The Bertz CT molecular complexity index is 1770. The molecule has 7 atom stereocenters. The maximum atomic E-state index is 12.8. The van der Waals surface area contributed by atoms with Crippen molar-refractivity contribution in [1.82, 2.24) is 14.9 Å². The van der Waals surface area contributed by atoms with Gasteiger partial charge in [0.2, 0.25) is 0 Å². The van der Waals surface area contributed by atoms with Crippen LogP contribution in [0.4, 0.5) is 16.3 Å². The van der Waals surface area contributed by atoms with Crippen molar-refractivity contribution in [2.45, 2.75) is 69.3 Å². The van der Waals surface area contributed by atoms with Gasteiger partial charge in [-0.25, -0.2) is 23.3 Å². The first-order valence-corrected chi connectivity index (χ1v) is 19.7. The fraction of sp³-hybridized carbons (Fsp3) is 0.500. The summed E-state index contributed by atoms with van der Waals surface area (Å²) in [5.41, 5.74) is 4.79. The van der Waals surface area contributed by atoms with Gasteiger partial charge in [-0.1, -0.05) is 24.3 Å². The highest BCUT2D eigenvalue weighted by atomic mass is 31.3. The van der Waals surface area contributed by atoms with Crippen LogP contribution in [0.25, 0.3) is 0 Å². The summed E-state index contributed by atoms with van der Waals surface area (Å²) in [6, 6.07) is 7.23. The van der Waals surface area contributed by atoms with E-state index in [1.54, 1.807) is 12.1 Å². The molecular weight excluding hydrogens is 745 g/mol. The number of benzene rings is 1. The number of phosphoric acid groups is 3. The summed E-state index contributed by atoms with van der Waals surface area (Å²) < 4.78 is 66.0.